The van der Waals surface area contributed by atoms with Gasteiger partial charge in [0.2, 0.25) is 5.95 Å². The number of aromatic nitrogens is 2. The van der Waals surface area contributed by atoms with Crippen LogP contribution in [0.25, 0.3) is 0 Å². The van der Waals surface area contributed by atoms with E-state index in [-0.39, 0.29) is 6.61 Å². The summed E-state index contributed by atoms with van der Waals surface area (Å²) in [7, 11) is 2.14. The molecule has 6 heteroatoms. The first kappa shape index (κ1) is 17.8. The summed E-state index contributed by atoms with van der Waals surface area (Å²) in [4.78, 5) is 15.9. The van der Waals surface area contributed by atoms with Crippen LogP contribution in [0.5, 0.6) is 0 Å². The summed E-state index contributed by atoms with van der Waals surface area (Å²) in [5.74, 6) is 0.814. The Hall–Kier alpha value is -2.02. The molecule has 6 nitrogen and oxygen atoms in total. The second kappa shape index (κ2) is 8.89. The van der Waals surface area contributed by atoms with Gasteiger partial charge in [0.15, 0.2) is 0 Å². The maximum Gasteiger partial charge on any atom is 0.225 e. The molecular weight excluding hydrogens is 314 g/mol. The summed E-state index contributed by atoms with van der Waals surface area (Å²) in [5.41, 5.74) is 2.31. The van der Waals surface area contributed by atoms with Gasteiger partial charge in [-0.15, -0.1) is 0 Å². The summed E-state index contributed by atoms with van der Waals surface area (Å²) in [6, 6.07) is 10.3. The van der Waals surface area contributed by atoms with Crippen molar-refractivity contribution in [2.75, 3.05) is 51.3 Å². The average molecular weight is 341 g/mol. The maximum atomic E-state index is 9.34. The second-order valence-electron chi connectivity index (χ2n) is 6.60. The van der Waals surface area contributed by atoms with Crippen LogP contribution in [0, 0.1) is 0 Å². The first-order valence-electron chi connectivity index (χ1n) is 8.86. The number of aliphatic hydroxyl groups is 1. The smallest absolute Gasteiger partial charge is 0.225 e. The van der Waals surface area contributed by atoms with Gasteiger partial charge in [-0.3, -0.25) is 4.90 Å². The van der Waals surface area contributed by atoms with E-state index in [1.807, 2.05) is 30.6 Å². The molecule has 1 N–H and O–H groups in total. The van der Waals surface area contributed by atoms with Crippen LogP contribution in [0.1, 0.15) is 11.1 Å². The van der Waals surface area contributed by atoms with Gasteiger partial charge in [-0.25, -0.2) is 9.97 Å². The lowest BCUT2D eigenvalue weighted by Gasteiger charge is -2.32. The Morgan fingerprint density at radius 2 is 1.60 bits per heavy atom. The molecule has 1 aromatic carbocycles. The zero-order valence-corrected chi connectivity index (χ0v) is 14.9. The van der Waals surface area contributed by atoms with E-state index in [9.17, 15) is 5.11 Å². The van der Waals surface area contributed by atoms with E-state index in [0.29, 0.717) is 6.54 Å². The second-order valence-corrected chi connectivity index (χ2v) is 6.60. The Balaban J connectivity index is 1.60. The van der Waals surface area contributed by atoms with Crippen molar-refractivity contribution in [3.8, 4) is 0 Å². The van der Waals surface area contributed by atoms with Crippen LogP contribution < -0.4 is 4.90 Å². The topological polar surface area (TPSA) is 55.7 Å². The zero-order chi connectivity index (χ0) is 17.5. The fraction of sp³-hybridized carbons (Fsp3) is 0.474. The minimum absolute atomic E-state index is 0.146. The number of aliphatic hydroxyl groups excluding tert-OH is 1. The van der Waals surface area contributed by atoms with E-state index in [1.54, 1.807) is 0 Å². The molecular formula is C19H27N5O. The molecule has 0 aliphatic carbocycles. The molecule has 0 atom stereocenters. The molecule has 1 saturated heterocycles. The quantitative estimate of drug-likeness (QED) is 0.817. The van der Waals surface area contributed by atoms with Gasteiger partial charge in [0.1, 0.15) is 0 Å². The largest absolute Gasteiger partial charge is 0.395 e. The predicted octanol–water partition coefficient (Wildman–Crippen LogP) is 1.22. The van der Waals surface area contributed by atoms with Crippen LogP contribution in [0.2, 0.25) is 0 Å². The van der Waals surface area contributed by atoms with Crippen LogP contribution in [0.15, 0.2) is 42.7 Å². The van der Waals surface area contributed by atoms with Gasteiger partial charge in [-0.1, -0.05) is 30.3 Å². The molecule has 3 rings (SSSR count). The van der Waals surface area contributed by atoms with Gasteiger partial charge in [0.05, 0.1) is 6.61 Å². The van der Waals surface area contributed by atoms with Crippen molar-refractivity contribution in [2.24, 2.45) is 0 Å². The molecule has 0 amide bonds. The molecule has 2 heterocycles. The molecule has 1 aromatic heterocycles. The Morgan fingerprint density at radius 1 is 0.960 bits per heavy atom. The van der Waals surface area contributed by atoms with E-state index >= 15 is 0 Å². The fourth-order valence-corrected chi connectivity index (χ4v) is 3.05. The normalized spacial score (nSPS) is 15.7. The van der Waals surface area contributed by atoms with E-state index in [1.165, 1.54) is 5.56 Å². The van der Waals surface area contributed by atoms with Gasteiger partial charge >= 0.3 is 0 Å². The highest BCUT2D eigenvalue weighted by molar-refractivity contribution is 5.30. The van der Waals surface area contributed by atoms with Crippen molar-refractivity contribution >= 4 is 5.95 Å². The van der Waals surface area contributed by atoms with Crippen LogP contribution >= 0.6 is 0 Å². The summed E-state index contributed by atoms with van der Waals surface area (Å²) < 4.78 is 0. The van der Waals surface area contributed by atoms with Crippen molar-refractivity contribution in [3.63, 3.8) is 0 Å². The highest BCUT2D eigenvalue weighted by atomic mass is 16.3. The van der Waals surface area contributed by atoms with Gasteiger partial charge in [-0.2, -0.15) is 0 Å². The number of benzene rings is 1. The molecule has 1 fully saturated rings. The number of nitrogens with zero attached hydrogens (tertiary/aromatic N) is 5. The van der Waals surface area contributed by atoms with E-state index in [2.05, 4.69) is 43.8 Å². The average Bonchev–Trinajstić information content (AvgIpc) is 2.64. The minimum Gasteiger partial charge on any atom is -0.395 e. The number of hydrogen-bond acceptors (Lipinski definition) is 6. The molecule has 134 valence electrons. The monoisotopic (exact) mass is 341 g/mol. The van der Waals surface area contributed by atoms with Crippen LogP contribution in [-0.4, -0.2) is 71.3 Å². The van der Waals surface area contributed by atoms with Crippen molar-refractivity contribution in [3.05, 3.63) is 53.9 Å². The number of likely N-dealkylation sites (N-methyl/N-ethyl adjacent to an activating group) is 1. The molecule has 0 spiro atoms. The summed E-state index contributed by atoms with van der Waals surface area (Å²) in [5, 5.41) is 9.34. The van der Waals surface area contributed by atoms with Crippen molar-refractivity contribution in [1.29, 1.82) is 0 Å². The van der Waals surface area contributed by atoms with Crippen LogP contribution in [-0.2, 0) is 13.1 Å². The molecule has 1 aliphatic heterocycles. The van der Waals surface area contributed by atoms with Gasteiger partial charge in [-0.05, 0) is 12.6 Å². The lowest BCUT2D eigenvalue weighted by Crippen LogP contribution is -2.45. The van der Waals surface area contributed by atoms with Gasteiger partial charge in [0, 0.05) is 63.8 Å². The minimum atomic E-state index is 0.146. The highest BCUT2D eigenvalue weighted by Crippen LogP contribution is 2.12. The summed E-state index contributed by atoms with van der Waals surface area (Å²) in [6.07, 6.45) is 3.83. The summed E-state index contributed by atoms with van der Waals surface area (Å²) >= 11 is 0. The Morgan fingerprint density at radius 3 is 2.24 bits per heavy atom. The molecule has 0 radical (unpaired) electrons. The molecule has 0 saturated carbocycles. The molecule has 0 bridgehead atoms. The third-order valence-corrected chi connectivity index (χ3v) is 4.55. The van der Waals surface area contributed by atoms with E-state index in [4.69, 9.17) is 0 Å². The van der Waals surface area contributed by atoms with Crippen LogP contribution in [0.4, 0.5) is 5.95 Å². The molecule has 2 aromatic rings. The summed E-state index contributed by atoms with van der Waals surface area (Å²) in [6.45, 7) is 6.36. The van der Waals surface area contributed by atoms with Gasteiger partial charge < -0.3 is 14.9 Å². The first-order chi connectivity index (χ1) is 12.2. The van der Waals surface area contributed by atoms with E-state index in [0.717, 1.165) is 50.8 Å². The SMILES string of the molecule is CN1CCN(c2ncc(CN(CCO)Cc3ccccc3)cn2)CC1. The van der Waals surface area contributed by atoms with Crippen LogP contribution in [0.3, 0.4) is 0 Å². The fourth-order valence-electron chi connectivity index (χ4n) is 3.05. The Kier molecular flexibility index (Phi) is 6.33. The third kappa shape index (κ3) is 5.22. The number of piperazine rings is 1. The number of rotatable bonds is 7. The van der Waals surface area contributed by atoms with E-state index < -0.39 is 0 Å². The molecule has 25 heavy (non-hydrogen) atoms. The van der Waals surface area contributed by atoms with Crippen molar-refractivity contribution in [1.82, 2.24) is 19.8 Å². The van der Waals surface area contributed by atoms with Crippen molar-refractivity contribution < 1.29 is 5.11 Å². The third-order valence-electron chi connectivity index (χ3n) is 4.55. The molecule has 1 aliphatic rings. The standard InChI is InChI=1S/C19H27N5O/c1-22-7-9-24(10-8-22)19-20-13-18(14-21-19)16-23(11-12-25)15-17-5-3-2-4-6-17/h2-6,13-14,25H,7-12,15-16H2,1H3. The number of anilines is 1. The lowest BCUT2D eigenvalue weighted by atomic mass is 10.2. The lowest BCUT2D eigenvalue weighted by molar-refractivity contribution is 0.184. The molecule has 0 unspecified atom stereocenters. The number of hydrogen-bond donors (Lipinski definition) is 1. The van der Waals surface area contributed by atoms with Crippen molar-refractivity contribution in [2.45, 2.75) is 13.1 Å². The zero-order valence-electron chi connectivity index (χ0n) is 14.9. The van der Waals surface area contributed by atoms with Gasteiger partial charge in [0.25, 0.3) is 0 Å². The Bertz CT molecular complexity index is 626. The predicted molar refractivity (Wildman–Crippen MR) is 99.4 cm³/mol. The first-order valence-corrected chi connectivity index (χ1v) is 8.86. The maximum absolute atomic E-state index is 9.34. The Labute approximate surface area is 149 Å². The highest BCUT2D eigenvalue weighted by Gasteiger charge is 2.16.